The van der Waals surface area contributed by atoms with Gasteiger partial charge in [0.15, 0.2) is 9.84 Å². The van der Waals surface area contributed by atoms with Gasteiger partial charge in [-0.1, -0.05) is 5.16 Å². The fourth-order valence-corrected chi connectivity index (χ4v) is 4.30. The number of anilines is 1. The van der Waals surface area contributed by atoms with Gasteiger partial charge in [0.25, 0.3) is 0 Å². The quantitative estimate of drug-likeness (QED) is 0.579. The van der Waals surface area contributed by atoms with Crippen molar-refractivity contribution < 1.29 is 22.5 Å². The molecule has 1 amide bonds. The number of sulfone groups is 1. The highest BCUT2D eigenvalue weighted by Crippen LogP contribution is 2.30. The van der Waals surface area contributed by atoms with Crippen LogP contribution in [0.1, 0.15) is 24.3 Å². The lowest BCUT2D eigenvalue weighted by Crippen LogP contribution is -2.35. The molecule has 2 heterocycles. The normalized spacial score (nSPS) is 13.7. The Kier molecular flexibility index (Phi) is 5.77. The van der Waals surface area contributed by atoms with Gasteiger partial charge in [-0.3, -0.25) is 4.79 Å². The van der Waals surface area contributed by atoms with E-state index < -0.39 is 9.84 Å². The van der Waals surface area contributed by atoms with Gasteiger partial charge in [-0.15, -0.1) is 0 Å². The fraction of sp³-hybridized carbons (Fsp3) is 0.318. The minimum atomic E-state index is -3.28. The summed E-state index contributed by atoms with van der Waals surface area (Å²) in [6, 6.07) is 12.3. The van der Waals surface area contributed by atoms with Crippen molar-refractivity contribution in [3.05, 3.63) is 53.9 Å². The van der Waals surface area contributed by atoms with E-state index >= 15 is 0 Å². The van der Waals surface area contributed by atoms with Crippen LogP contribution in [0, 0.1) is 0 Å². The topological polar surface area (TPSA) is 103 Å². The molecule has 31 heavy (non-hydrogen) atoms. The van der Waals surface area contributed by atoms with E-state index in [1.165, 1.54) is 6.26 Å². The molecule has 0 radical (unpaired) electrons. The highest BCUT2D eigenvalue weighted by atomic mass is 32.2. The summed E-state index contributed by atoms with van der Waals surface area (Å²) in [5.41, 5.74) is 2.45. The van der Waals surface area contributed by atoms with Crippen molar-refractivity contribution in [2.45, 2.75) is 30.6 Å². The van der Waals surface area contributed by atoms with Crippen LogP contribution in [0.25, 0.3) is 11.4 Å². The molecule has 0 N–H and O–H groups in total. The number of nitrogens with zero attached hydrogens (tertiary/aromatic N) is 3. The van der Waals surface area contributed by atoms with Gasteiger partial charge in [0.1, 0.15) is 5.75 Å². The average molecular weight is 442 g/mol. The number of carbonyl (C=O) groups excluding carboxylic acids is 1. The van der Waals surface area contributed by atoms with Crippen LogP contribution in [-0.2, 0) is 27.5 Å². The minimum absolute atomic E-state index is 0.0581. The lowest BCUT2D eigenvalue weighted by atomic mass is 10.0. The summed E-state index contributed by atoms with van der Waals surface area (Å²) in [6.45, 7) is 0.602. The minimum Gasteiger partial charge on any atom is -0.497 e. The number of fused-ring (bicyclic) bond motifs is 1. The van der Waals surface area contributed by atoms with Crippen molar-refractivity contribution in [3.63, 3.8) is 0 Å². The number of rotatable bonds is 6. The molecule has 2 aromatic carbocycles. The molecule has 1 aromatic heterocycles. The monoisotopic (exact) mass is 441 g/mol. The highest BCUT2D eigenvalue weighted by Gasteiger charge is 2.24. The molecule has 0 spiro atoms. The van der Waals surface area contributed by atoms with Crippen LogP contribution in [0.5, 0.6) is 5.75 Å². The summed E-state index contributed by atoms with van der Waals surface area (Å²) in [4.78, 5) is 19.2. The summed E-state index contributed by atoms with van der Waals surface area (Å²) >= 11 is 0. The SMILES string of the molecule is COc1ccc(-c2noc(CCC(=O)N3CCCc4cc(S(C)(=O)=O)ccc43)n2)cc1. The van der Waals surface area contributed by atoms with Gasteiger partial charge in [-0.2, -0.15) is 4.98 Å². The molecular formula is C22H23N3O5S. The molecule has 8 nitrogen and oxygen atoms in total. The molecule has 4 rings (SSSR count). The maximum Gasteiger partial charge on any atom is 0.227 e. The number of aromatic nitrogens is 2. The Hall–Kier alpha value is -3.20. The van der Waals surface area contributed by atoms with Crippen LogP contribution in [0.15, 0.2) is 51.9 Å². The number of amides is 1. The first-order valence-corrected chi connectivity index (χ1v) is 11.8. The molecule has 1 aliphatic rings. The summed E-state index contributed by atoms with van der Waals surface area (Å²) < 4.78 is 34.1. The second kappa shape index (κ2) is 8.50. The molecular weight excluding hydrogens is 418 g/mol. The highest BCUT2D eigenvalue weighted by molar-refractivity contribution is 7.90. The van der Waals surface area contributed by atoms with E-state index in [0.29, 0.717) is 24.7 Å². The van der Waals surface area contributed by atoms with Crippen LogP contribution in [-0.4, -0.2) is 44.4 Å². The van der Waals surface area contributed by atoms with Crippen LogP contribution < -0.4 is 9.64 Å². The van der Waals surface area contributed by atoms with Crippen molar-refractivity contribution in [3.8, 4) is 17.1 Å². The second-order valence-electron chi connectivity index (χ2n) is 7.45. The third-order valence-electron chi connectivity index (χ3n) is 5.27. The first-order chi connectivity index (χ1) is 14.8. The first kappa shape index (κ1) is 21.0. The van der Waals surface area contributed by atoms with E-state index in [1.807, 2.05) is 24.3 Å². The van der Waals surface area contributed by atoms with Crippen LogP contribution >= 0.6 is 0 Å². The smallest absolute Gasteiger partial charge is 0.227 e. The Morgan fingerprint density at radius 1 is 1.19 bits per heavy atom. The molecule has 0 fully saturated rings. The summed E-state index contributed by atoms with van der Waals surface area (Å²) in [7, 11) is -1.68. The van der Waals surface area contributed by atoms with E-state index in [-0.39, 0.29) is 17.2 Å². The first-order valence-electron chi connectivity index (χ1n) is 9.95. The maximum atomic E-state index is 12.9. The van der Waals surface area contributed by atoms with Gasteiger partial charge in [-0.05, 0) is 60.9 Å². The van der Waals surface area contributed by atoms with Crippen LogP contribution in [0.4, 0.5) is 5.69 Å². The summed E-state index contributed by atoms with van der Waals surface area (Å²) in [5.74, 6) is 1.53. The molecule has 0 saturated heterocycles. The van der Waals surface area contributed by atoms with Crippen molar-refractivity contribution in [2.75, 3.05) is 24.8 Å². The fourth-order valence-electron chi connectivity index (χ4n) is 3.63. The summed E-state index contributed by atoms with van der Waals surface area (Å²) in [5, 5.41) is 3.99. The molecule has 0 aliphatic carbocycles. The summed E-state index contributed by atoms with van der Waals surface area (Å²) in [6.07, 6.45) is 3.27. The molecule has 162 valence electrons. The van der Waals surface area contributed by atoms with E-state index in [2.05, 4.69) is 10.1 Å². The molecule has 3 aromatic rings. The predicted octanol–water partition coefficient (Wildman–Crippen LogP) is 3.06. The third-order valence-corrected chi connectivity index (χ3v) is 6.38. The van der Waals surface area contributed by atoms with Crippen molar-refractivity contribution >= 4 is 21.4 Å². The van der Waals surface area contributed by atoms with Gasteiger partial charge in [0.2, 0.25) is 17.6 Å². The molecule has 0 atom stereocenters. The molecule has 0 bridgehead atoms. The largest absolute Gasteiger partial charge is 0.497 e. The molecule has 9 heteroatoms. The standard InChI is InChI=1S/C22H23N3O5S/c1-29-17-7-5-15(6-8-17)22-23-20(30-24-22)11-12-21(26)25-13-3-4-16-14-18(31(2,27)28)9-10-19(16)25/h5-10,14H,3-4,11-13H2,1-2H3. The van der Waals surface area contributed by atoms with Crippen molar-refractivity contribution in [1.82, 2.24) is 10.1 Å². The molecule has 0 unspecified atom stereocenters. The molecule has 0 saturated carbocycles. The van der Waals surface area contributed by atoms with Crippen LogP contribution in [0.2, 0.25) is 0 Å². The zero-order valence-corrected chi connectivity index (χ0v) is 18.2. The number of ether oxygens (including phenoxy) is 1. The number of hydrogen-bond donors (Lipinski definition) is 0. The zero-order valence-electron chi connectivity index (χ0n) is 17.4. The Labute approximate surface area is 180 Å². The number of carbonyl (C=O) groups is 1. The Morgan fingerprint density at radius 3 is 2.68 bits per heavy atom. The number of benzene rings is 2. The average Bonchev–Trinajstić information content (AvgIpc) is 3.25. The predicted molar refractivity (Wildman–Crippen MR) is 115 cm³/mol. The van der Waals surface area contributed by atoms with Gasteiger partial charge in [0, 0.05) is 36.9 Å². The Balaban J connectivity index is 1.44. The van der Waals surface area contributed by atoms with E-state index in [0.717, 1.165) is 35.4 Å². The van der Waals surface area contributed by atoms with Gasteiger partial charge in [0.05, 0.1) is 12.0 Å². The van der Waals surface area contributed by atoms with Crippen LogP contribution in [0.3, 0.4) is 0 Å². The number of hydrogen-bond acceptors (Lipinski definition) is 7. The van der Waals surface area contributed by atoms with Gasteiger partial charge >= 0.3 is 0 Å². The molecule has 1 aliphatic heterocycles. The van der Waals surface area contributed by atoms with E-state index in [1.54, 1.807) is 30.2 Å². The second-order valence-corrected chi connectivity index (χ2v) is 9.47. The van der Waals surface area contributed by atoms with Crippen molar-refractivity contribution in [1.29, 1.82) is 0 Å². The maximum absolute atomic E-state index is 12.9. The van der Waals surface area contributed by atoms with Gasteiger partial charge in [-0.25, -0.2) is 8.42 Å². The lowest BCUT2D eigenvalue weighted by Gasteiger charge is -2.29. The third kappa shape index (κ3) is 4.61. The lowest BCUT2D eigenvalue weighted by molar-refractivity contribution is -0.118. The number of aryl methyl sites for hydroxylation is 2. The zero-order chi connectivity index (χ0) is 22.0. The Bertz CT molecular complexity index is 1200. The van der Waals surface area contributed by atoms with Crippen molar-refractivity contribution in [2.24, 2.45) is 0 Å². The number of methoxy groups -OCH3 is 1. The van der Waals surface area contributed by atoms with E-state index in [9.17, 15) is 13.2 Å². The van der Waals surface area contributed by atoms with Gasteiger partial charge < -0.3 is 14.2 Å². The van der Waals surface area contributed by atoms with E-state index in [4.69, 9.17) is 9.26 Å². The Morgan fingerprint density at radius 2 is 1.97 bits per heavy atom.